The van der Waals surface area contributed by atoms with E-state index in [1.807, 2.05) is 18.2 Å². The predicted octanol–water partition coefficient (Wildman–Crippen LogP) is 4.18. The first kappa shape index (κ1) is 20.4. The predicted molar refractivity (Wildman–Crippen MR) is 84.3 cm³/mol. The van der Waals surface area contributed by atoms with E-state index < -0.39 is 0 Å². The smallest absolute Gasteiger partial charge is 0.115 e. The Morgan fingerprint density at radius 2 is 0.545 bits per heavy atom. The molecule has 3 rings (SSSR count). The molecule has 0 amide bonds. The van der Waals surface area contributed by atoms with E-state index in [0.717, 1.165) is 0 Å². The van der Waals surface area contributed by atoms with Crippen LogP contribution in [0.3, 0.4) is 0 Å². The average molecular weight is 422 g/mol. The number of phenolic OH excluding ortho intramolecular Hbond substituents is 3. The van der Waals surface area contributed by atoms with Gasteiger partial charge in [-0.2, -0.15) is 0 Å². The first-order valence-corrected chi connectivity index (χ1v) is 6.40. The molecule has 0 bridgehead atoms. The molecule has 0 spiro atoms. The summed E-state index contributed by atoms with van der Waals surface area (Å²) in [5.74, 6) is 0.965. The zero-order chi connectivity index (χ0) is 15.3. The molecular weight excluding hydrogens is 404 g/mol. The second-order valence-corrected chi connectivity index (χ2v) is 4.01. The number of hydrogen-bond acceptors (Lipinski definition) is 3. The van der Waals surface area contributed by atoms with Gasteiger partial charge in [-0.1, -0.05) is 54.6 Å². The number of benzene rings is 3. The Labute approximate surface area is 164 Å². The van der Waals surface area contributed by atoms with Crippen molar-refractivity contribution in [2.75, 3.05) is 0 Å². The van der Waals surface area contributed by atoms with Crippen LogP contribution in [-0.4, -0.2) is 15.3 Å². The third-order valence-electron chi connectivity index (χ3n) is 2.27. The zero-order valence-electron chi connectivity index (χ0n) is 12.0. The molecule has 3 N–H and O–H groups in total. The van der Waals surface area contributed by atoms with Crippen molar-refractivity contribution in [1.29, 1.82) is 0 Å². The van der Waals surface area contributed by atoms with E-state index >= 15 is 0 Å². The molecule has 0 aromatic heterocycles. The monoisotopic (exact) mass is 422 g/mol. The Morgan fingerprint density at radius 1 is 0.364 bits per heavy atom. The van der Waals surface area contributed by atoms with Crippen molar-refractivity contribution >= 4 is 0 Å². The molecule has 0 atom stereocenters. The maximum Gasteiger partial charge on any atom is 0.115 e. The maximum absolute atomic E-state index is 8.63. The summed E-state index contributed by atoms with van der Waals surface area (Å²) < 4.78 is 0. The molecular formula is C18H18CeO3. The third kappa shape index (κ3) is 11.1. The normalized spacial score (nSPS) is 8.18. The number of phenols is 3. The van der Waals surface area contributed by atoms with Crippen molar-refractivity contribution in [3.05, 3.63) is 91.0 Å². The van der Waals surface area contributed by atoms with E-state index in [1.54, 1.807) is 72.8 Å². The minimum Gasteiger partial charge on any atom is -0.508 e. The SMILES string of the molecule is Oc1ccccc1.Oc1ccccc1.Oc1ccccc1.[Ce]. The number of para-hydroxylation sites is 3. The van der Waals surface area contributed by atoms with Crippen molar-refractivity contribution in [3.8, 4) is 17.2 Å². The average Bonchev–Trinajstić information content (AvgIpc) is 2.51. The van der Waals surface area contributed by atoms with Crippen LogP contribution in [0.5, 0.6) is 17.2 Å². The van der Waals surface area contributed by atoms with E-state index in [0.29, 0.717) is 17.2 Å². The van der Waals surface area contributed by atoms with E-state index in [4.69, 9.17) is 15.3 Å². The van der Waals surface area contributed by atoms with E-state index in [-0.39, 0.29) is 41.7 Å². The van der Waals surface area contributed by atoms with Gasteiger partial charge in [0.2, 0.25) is 0 Å². The van der Waals surface area contributed by atoms with Crippen LogP contribution < -0.4 is 0 Å². The largest absolute Gasteiger partial charge is 0.508 e. The summed E-state index contributed by atoms with van der Waals surface area (Å²) in [5, 5.41) is 25.9. The van der Waals surface area contributed by atoms with Crippen molar-refractivity contribution in [3.63, 3.8) is 0 Å². The van der Waals surface area contributed by atoms with E-state index in [1.165, 1.54) is 0 Å². The third-order valence-corrected chi connectivity index (χ3v) is 2.27. The molecule has 0 saturated carbocycles. The Balaban J connectivity index is 0.000000294. The van der Waals surface area contributed by atoms with Gasteiger partial charge >= 0.3 is 0 Å². The van der Waals surface area contributed by atoms with Crippen LogP contribution in [0.1, 0.15) is 0 Å². The van der Waals surface area contributed by atoms with Crippen molar-refractivity contribution in [2.24, 2.45) is 0 Å². The fourth-order valence-electron chi connectivity index (χ4n) is 1.28. The summed E-state index contributed by atoms with van der Waals surface area (Å²) >= 11 is 0. The van der Waals surface area contributed by atoms with Gasteiger partial charge in [-0.05, 0) is 36.4 Å². The molecule has 3 aromatic carbocycles. The van der Waals surface area contributed by atoms with Gasteiger partial charge in [-0.3, -0.25) is 0 Å². The van der Waals surface area contributed by atoms with Crippen molar-refractivity contribution < 1.29 is 57.1 Å². The molecule has 112 valence electrons. The number of aromatic hydroxyl groups is 3. The van der Waals surface area contributed by atoms with Crippen LogP contribution in [0.25, 0.3) is 0 Å². The van der Waals surface area contributed by atoms with Gasteiger partial charge in [0, 0.05) is 41.7 Å². The van der Waals surface area contributed by atoms with Crippen LogP contribution >= 0.6 is 0 Å². The Bertz CT molecular complexity index is 497. The summed E-state index contributed by atoms with van der Waals surface area (Å²) in [5.41, 5.74) is 0. The molecule has 0 saturated heterocycles. The molecule has 0 heterocycles. The standard InChI is InChI=1S/3C6H6O.Ce/c3*7-6-4-2-1-3-5-6;/h3*1-5,7H;. The molecule has 4 heteroatoms. The van der Waals surface area contributed by atoms with Gasteiger partial charge < -0.3 is 15.3 Å². The molecule has 0 aliphatic carbocycles. The fraction of sp³-hybridized carbons (Fsp3) is 0. The topological polar surface area (TPSA) is 60.7 Å². The van der Waals surface area contributed by atoms with Crippen LogP contribution in [0.4, 0.5) is 0 Å². The molecule has 0 aliphatic rings. The molecule has 0 radical (unpaired) electrons. The number of rotatable bonds is 0. The molecule has 3 nitrogen and oxygen atoms in total. The van der Waals surface area contributed by atoms with E-state index in [9.17, 15) is 0 Å². The fourth-order valence-corrected chi connectivity index (χ4v) is 1.28. The summed E-state index contributed by atoms with van der Waals surface area (Å²) in [6, 6.07) is 26.1. The molecule has 3 aromatic rings. The molecule has 0 unspecified atom stereocenters. The maximum atomic E-state index is 8.63. The molecule has 0 aliphatic heterocycles. The summed E-state index contributed by atoms with van der Waals surface area (Å²) in [7, 11) is 0. The van der Waals surface area contributed by atoms with Gasteiger partial charge in [0.15, 0.2) is 0 Å². The number of hydrogen-bond donors (Lipinski definition) is 3. The van der Waals surface area contributed by atoms with Crippen LogP contribution in [0, 0.1) is 41.7 Å². The van der Waals surface area contributed by atoms with Crippen molar-refractivity contribution in [1.82, 2.24) is 0 Å². The van der Waals surface area contributed by atoms with Gasteiger partial charge in [0.05, 0.1) is 0 Å². The minimum atomic E-state index is 0. The van der Waals surface area contributed by atoms with Gasteiger partial charge in [-0.25, -0.2) is 0 Å². The van der Waals surface area contributed by atoms with Crippen LogP contribution in [0.15, 0.2) is 91.0 Å². The molecule has 0 fully saturated rings. The second kappa shape index (κ2) is 13.1. The molecule has 22 heavy (non-hydrogen) atoms. The minimum absolute atomic E-state index is 0. The Morgan fingerprint density at radius 3 is 0.636 bits per heavy atom. The van der Waals surface area contributed by atoms with E-state index in [2.05, 4.69) is 0 Å². The van der Waals surface area contributed by atoms with Crippen LogP contribution in [-0.2, 0) is 0 Å². The van der Waals surface area contributed by atoms with Gasteiger partial charge in [0.25, 0.3) is 0 Å². The Hall–Kier alpha value is -1.56. The first-order chi connectivity index (χ1) is 10.2. The van der Waals surface area contributed by atoms with Crippen LogP contribution in [0.2, 0.25) is 0 Å². The first-order valence-electron chi connectivity index (χ1n) is 6.40. The summed E-state index contributed by atoms with van der Waals surface area (Å²) in [6.07, 6.45) is 0. The second-order valence-electron chi connectivity index (χ2n) is 4.01. The zero-order valence-corrected chi connectivity index (χ0v) is 15.1. The Kier molecular flexibility index (Phi) is 12.2. The summed E-state index contributed by atoms with van der Waals surface area (Å²) in [4.78, 5) is 0. The van der Waals surface area contributed by atoms with Crippen molar-refractivity contribution in [2.45, 2.75) is 0 Å². The van der Waals surface area contributed by atoms with Gasteiger partial charge in [0.1, 0.15) is 17.2 Å². The quantitative estimate of drug-likeness (QED) is 0.510. The van der Waals surface area contributed by atoms with Gasteiger partial charge in [-0.15, -0.1) is 0 Å². The summed E-state index contributed by atoms with van der Waals surface area (Å²) in [6.45, 7) is 0.